The number of hydrogen-bond donors (Lipinski definition) is 1. The second kappa shape index (κ2) is 10.4. The van der Waals surface area contributed by atoms with Crippen molar-refractivity contribution >= 4 is 23.4 Å². The zero-order valence-electron chi connectivity index (χ0n) is 19.9. The van der Waals surface area contributed by atoms with Crippen LogP contribution in [0, 0.1) is 19.7 Å². The average Bonchev–Trinajstić information content (AvgIpc) is 2.84. The Morgan fingerprint density at radius 2 is 2.00 bits per heavy atom. The molecule has 4 rings (SSSR count). The van der Waals surface area contributed by atoms with E-state index in [9.17, 15) is 14.0 Å². The summed E-state index contributed by atoms with van der Waals surface area (Å²) in [4.78, 5) is 31.8. The van der Waals surface area contributed by atoms with Gasteiger partial charge < -0.3 is 15.0 Å². The number of hydrogen-bond acceptors (Lipinski definition) is 4. The van der Waals surface area contributed by atoms with Crippen LogP contribution in [-0.4, -0.2) is 34.3 Å². The molecular formula is C27H27ClFN3O3. The fourth-order valence-corrected chi connectivity index (χ4v) is 4.52. The topological polar surface area (TPSA) is 71.5 Å². The van der Waals surface area contributed by atoms with Crippen LogP contribution in [-0.2, 0) is 24.3 Å². The quantitative estimate of drug-likeness (QED) is 0.534. The highest BCUT2D eigenvalue weighted by Crippen LogP contribution is 2.26. The number of nitrogens with one attached hydrogen (secondary N) is 1. The first-order chi connectivity index (χ1) is 16.7. The molecule has 182 valence electrons. The molecule has 2 heterocycles. The minimum absolute atomic E-state index is 0.00425. The van der Waals surface area contributed by atoms with Crippen LogP contribution < -0.4 is 10.1 Å². The van der Waals surface area contributed by atoms with Crippen molar-refractivity contribution in [3.8, 4) is 5.75 Å². The van der Waals surface area contributed by atoms with Gasteiger partial charge in [-0.3, -0.25) is 14.6 Å². The van der Waals surface area contributed by atoms with Crippen molar-refractivity contribution in [2.24, 2.45) is 0 Å². The lowest BCUT2D eigenvalue weighted by Crippen LogP contribution is -2.43. The summed E-state index contributed by atoms with van der Waals surface area (Å²) in [6.45, 7) is 6.67. The van der Waals surface area contributed by atoms with Gasteiger partial charge >= 0.3 is 0 Å². The van der Waals surface area contributed by atoms with E-state index < -0.39 is 17.8 Å². The maximum atomic E-state index is 14.0. The maximum absolute atomic E-state index is 14.0. The second-order valence-electron chi connectivity index (χ2n) is 8.67. The van der Waals surface area contributed by atoms with Gasteiger partial charge in [0, 0.05) is 36.5 Å². The molecule has 1 aromatic heterocycles. The second-order valence-corrected chi connectivity index (χ2v) is 9.10. The van der Waals surface area contributed by atoms with E-state index in [1.807, 2.05) is 13.8 Å². The third-order valence-electron chi connectivity index (χ3n) is 6.24. The van der Waals surface area contributed by atoms with Crippen molar-refractivity contribution < 1.29 is 18.7 Å². The Morgan fingerprint density at radius 3 is 2.74 bits per heavy atom. The van der Waals surface area contributed by atoms with Crippen LogP contribution in [0.25, 0.3) is 0 Å². The summed E-state index contributed by atoms with van der Waals surface area (Å²) in [5.41, 5.74) is 4.57. The summed E-state index contributed by atoms with van der Waals surface area (Å²) in [5.74, 6) is -0.525. The largest absolute Gasteiger partial charge is 0.481 e. The lowest BCUT2D eigenvalue weighted by molar-refractivity contribution is -0.138. The van der Waals surface area contributed by atoms with Crippen molar-refractivity contribution in [1.29, 1.82) is 0 Å². The van der Waals surface area contributed by atoms with E-state index in [1.165, 1.54) is 12.1 Å². The maximum Gasteiger partial charge on any atom is 0.263 e. The third-order valence-corrected chi connectivity index (χ3v) is 6.48. The molecule has 8 heteroatoms. The van der Waals surface area contributed by atoms with Crippen LogP contribution in [0.4, 0.5) is 4.39 Å². The highest BCUT2D eigenvalue weighted by atomic mass is 35.5. The summed E-state index contributed by atoms with van der Waals surface area (Å²) in [7, 11) is 0. The molecule has 0 saturated heterocycles. The van der Waals surface area contributed by atoms with E-state index in [4.69, 9.17) is 16.3 Å². The van der Waals surface area contributed by atoms with Crippen molar-refractivity contribution in [1.82, 2.24) is 15.2 Å². The van der Waals surface area contributed by atoms with Crippen LogP contribution in [0.2, 0.25) is 5.02 Å². The summed E-state index contributed by atoms with van der Waals surface area (Å²) in [5, 5.41) is 3.42. The number of carbonyl (C=O) groups excluding carboxylic acids is 2. The highest BCUT2D eigenvalue weighted by Gasteiger charge is 2.28. The Hall–Kier alpha value is -3.45. The van der Waals surface area contributed by atoms with Gasteiger partial charge in [-0.2, -0.15) is 0 Å². The van der Waals surface area contributed by atoms with Crippen molar-refractivity contribution in [3.05, 3.63) is 93.0 Å². The molecular weight excluding hydrogens is 469 g/mol. The number of rotatable bonds is 6. The van der Waals surface area contributed by atoms with Gasteiger partial charge in [-0.15, -0.1) is 0 Å². The Kier molecular flexibility index (Phi) is 7.36. The molecule has 0 saturated carbocycles. The number of halogens is 2. The lowest BCUT2D eigenvalue weighted by Gasteiger charge is -2.32. The lowest BCUT2D eigenvalue weighted by atomic mass is 9.94. The molecule has 0 bridgehead atoms. The van der Waals surface area contributed by atoms with E-state index in [-0.39, 0.29) is 18.0 Å². The van der Waals surface area contributed by atoms with Gasteiger partial charge in [-0.1, -0.05) is 23.7 Å². The number of aryl methyl sites for hydroxylation is 2. The molecule has 2 amide bonds. The van der Waals surface area contributed by atoms with Gasteiger partial charge in [-0.05, 0) is 79.8 Å². The molecule has 1 atom stereocenters. The number of pyridine rings is 1. The molecule has 3 aromatic rings. The van der Waals surface area contributed by atoms with Crippen molar-refractivity contribution in [3.63, 3.8) is 0 Å². The molecule has 35 heavy (non-hydrogen) atoms. The van der Waals surface area contributed by atoms with Gasteiger partial charge in [0.15, 0.2) is 6.10 Å². The number of nitrogens with zero attached hydrogens (tertiary/aromatic N) is 2. The summed E-state index contributed by atoms with van der Waals surface area (Å²) < 4.78 is 19.9. The summed E-state index contributed by atoms with van der Waals surface area (Å²) >= 11 is 6.01. The first kappa shape index (κ1) is 24.7. The summed E-state index contributed by atoms with van der Waals surface area (Å²) in [6.07, 6.45) is 1.75. The monoisotopic (exact) mass is 495 g/mol. The van der Waals surface area contributed by atoms with E-state index in [1.54, 1.807) is 48.4 Å². The zero-order chi connectivity index (χ0) is 25.1. The van der Waals surface area contributed by atoms with Crippen LogP contribution >= 0.6 is 11.6 Å². The number of amides is 2. The van der Waals surface area contributed by atoms with E-state index in [0.29, 0.717) is 30.3 Å². The molecule has 1 unspecified atom stereocenters. The van der Waals surface area contributed by atoms with Gasteiger partial charge in [-0.25, -0.2) is 4.39 Å². The molecule has 0 fully saturated rings. The van der Waals surface area contributed by atoms with E-state index in [2.05, 4.69) is 10.3 Å². The standard InChI is InChI=1S/C27H27ClFN3O3/c1-16-12-20(28)8-9-25(16)35-18(3)27(34)32-11-10-21-19(15-32)13-30-17(2)23(21)14-31-26(33)22-6-4-5-7-24(22)29/h4-9,12-13,18H,10-11,14-15H2,1-3H3,(H,31,33). The van der Waals surface area contributed by atoms with Crippen LogP contribution in [0.3, 0.4) is 0 Å². The van der Waals surface area contributed by atoms with Crippen molar-refractivity contribution in [2.45, 2.75) is 46.4 Å². The SMILES string of the molecule is Cc1cc(Cl)ccc1OC(C)C(=O)N1CCc2c(cnc(C)c2CNC(=O)c2ccccc2F)C1. The van der Waals surface area contributed by atoms with Crippen LogP contribution in [0.1, 0.15) is 45.2 Å². The molecule has 6 nitrogen and oxygen atoms in total. The van der Waals surface area contributed by atoms with Gasteiger partial charge in [0.25, 0.3) is 11.8 Å². The molecule has 1 aliphatic rings. The van der Waals surface area contributed by atoms with Gasteiger partial charge in [0.2, 0.25) is 0 Å². The number of benzene rings is 2. The van der Waals surface area contributed by atoms with Gasteiger partial charge in [0.1, 0.15) is 11.6 Å². The fraction of sp³-hybridized carbons (Fsp3) is 0.296. The third kappa shape index (κ3) is 5.46. The van der Waals surface area contributed by atoms with Crippen molar-refractivity contribution in [2.75, 3.05) is 6.54 Å². The number of fused-ring (bicyclic) bond motifs is 1. The minimum Gasteiger partial charge on any atom is -0.481 e. The van der Waals surface area contributed by atoms with Crippen LogP contribution in [0.15, 0.2) is 48.7 Å². The minimum atomic E-state index is -0.658. The predicted molar refractivity (Wildman–Crippen MR) is 132 cm³/mol. The zero-order valence-corrected chi connectivity index (χ0v) is 20.7. The predicted octanol–water partition coefficient (Wildman–Crippen LogP) is 4.77. The first-order valence-electron chi connectivity index (χ1n) is 11.4. The smallest absolute Gasteiger partial charge is 0.263 e. The Balaban J connectivity index is 1.44. The summed E-state index contributed by atoms with van der Waals surface area (Å²) in [6, 6.07) is 11.2. The van der Waals surface area contributed by atoms with E-state index >= 15 is 0 Å². The van der Waals surface area contributed by atoms with Gasteiger partial charge in [0.05, 0.1) is 5.56 Å². The van der Waals surface area contributed by atoms with Crippen LogP contribution in [0.5, 0.6) is 5.75 Å². The Morgan fingerprint density at radius 1 is 1.23 bits per heavy atom. The molecule has 0 radical (unpaired) electrons. The Labute approximate surface area is 209 Å². The molecule has 1 aliphatic heterocycles. The number of carbonyl (C=O) groups is 2. The first-order valence-corrected chi connectivity index (χ1v) is 11.8. The average molecular weight is 496 g/mol. The van der Waals surface area contributed by atoms with E-state index in [0.717, 1.165) is 27.9 Å². The molecule has 0 aliphatic carbocycles. The molecule has 1 N–H and O–H groups in total. The highest BCUT2D eigenvalue weighted by molar-refractivity contribution is 6.30. The normalized spacial score (nSPS) is 13.7. The molecule has 0 spiro atoms. The Bertz CT molecular complexity index is 1280. The number of ether oxygens (including phenoxy) is 1. The number of aromatic nitrogens is 1. The fourth-order valence-electron chi connectivity index (χ4n) is 4.30. The molecule has 2 aromatic carbocycles.